The highest BCUT2D eigenvalue weighted by molar-refractivity contribution is 5.46. The van der Waals surface area contributed by atoms with E-state index < -0.39 is 0 Å². The molecule has 0 aromatic heterocycles. The summed E-state index contributed by atoms with van der Waals surface area (Å²) in [6.07, 6.45) is 8.44. The quantitative estimate of drug-likeness (QED) is 0.688. The van der Waals surface area contributed by atoms with Crippen molar-refractivity contribution < 1.29 is 5.11 Å². The van der Waals surface area contributed by atoms with Crippen molar-refractivity contribution in [2.45, 2.75) is 65.7 Å². The number of rotatable bonds is 1. The number of hydrogen-bond acceptors (Lipinski definition) is 1. The van der Waals surface area contributed by atoms with Gasteiger partial charge in [0, 0.05) is 0 Å². The molecule has 1 atom stereocenters. The second-order valence-corrected chi connectivity index (χ2v) is 7.91. The SMILES string of the molecule is CC(C)c1cc2c(cc1O)CC1=CCCC(C)(C)[C@H]1CC2. The minimum atomic E-state index is 0.386. The largest absolute Gasteiger partial charge is 0.508 e. The maximum atomic E-state index is 10.3. The summed E-state index contributed by atoms with van der Waals surface area (Å²) in [5.74, 6) is 1.58. The Kier molecular flexibility index (Phi) is 3.63. The number of fused-ring (bicyclic) bond motifs is 2. The molecule has 0 unspecified atom stereocenters. The molecule has 0 aliphatic heterocycles. The first-order chi connectivity index (χ1) is 9.88. The zero-order valence-electron chi connectivity index (χ0n) is 13.9. The van der Waals surface area contributed by atoms with Crippen LogP contribution in [0.25, 0.3) is 0 Å². The summed E-state index contributed by atoms with van der Waals surface area (Å²) in [5.41, 5.74) is 5.95. The van der Waals surface area contributed by atoms with Crippen LogP contribution in [0.3, 0.4) is 0 Å². The molecule has 0 saturated heterocycles. The van der Waals surface area contributed by atoms with Crippen LogP contribution in [0.15, 0.2) is 23.8 Å². The lowest BCUT2D eigenvalue weighted by Crippen LogP contribution is -2.29. The third kappa shape index (κ3) is 2.63. The molecule has 1 aromatic rings. The van der Waals surface area contributed by atoms with Crippen molar-refractivity contribution in [3.63, 3.8) is 0 Å². The van der Waals surface area contributed by atoms with E-state index in [0.717, 1.165) is 18.4 Å². The first-order valence-electron chi connectivity index (χ1n) is 8.42. The van der Waals surface area contributed by atoms with E-state index >= 15 is 0 Å². The Morgan fingerprint density at radius 3 is 2.67 bits per heavy atom. The van der Waals surface area contributed by atoms with Gasteiger partial charge in [-0.05, 0) is 72.1 Å². The molecule has 1 nitrogen and oxygen atoms in total. The molecule has 0 fully saturated rings. The van der Waals surface area contributed by atoms with Crippen molar-refractivity contribution in [2.24, 2.45) is 11.3 Å². The zero-order valence-corrected chi connectivity index (χ0v) is 13.9. The predicted molar refractivity (Wildman–Crippen MR) is 88.8 cm³/mol. The molecular formula is C20H28O. The first-order valence-corrected chi connectivity index (χ1v) is 8.42. The third-order valence-electron chi connectivity index (χ3n) is 5.65. The topological polar surface area (TPSA) is 20.2 Å². The molecule has 0 radical (unpaired) electrons. The molecule has 0 spiro atoms. The predicted octanol–water partition coefficient (Wildman–Crippen LogP) is 5.37. The van der Waals surface area contributed by atoms with Gasteiger partial charge in [0.25, 0.3) is 0 Å². The van der Waals surface area contributed by atoms with Gasteiger partial charge in [0.1, 0.15) is 5.75 Å². The van der Waals surface area contributed by atoms with Gasteiger partial charge >= 0.3 is 0 Å². The normalized spacial score (nSPS) is 24.0. The van der Waals surface area contributed by atoms with E-state index in [2.05, 4.69) is 39.8 Å². The van der Waals surface area contributed by atoms with Gasteiger partial charge in [0.15, 0.2) is 0 Å². The van der Waals surface area contributed by atoms with Crippen LogP contribution in [0, 0.1) is 11.3 Å². The summed E-state index contributed by atoms with van der Waals surface area (Å²) >= 11 is 0. The molecule has 2 aliphatic carbocycles. The second kappa shape index (κ2) is 5.19. The average molecular weight is 284 g/mol. The van der Waals surface area contributed by atoms with Crippen molar-refractivity contribution in [3.05, 3.63) is 40.5 Å². The lowest BCUT2D eigenvalue weighted by Gasteiger charge is -2.39. The van der Waals surface area contributed by atoms with Gasteiger partial charge in [-0.25, -0.2) is 0 Å². The molecule has 21 heavy (non-hydrogen) atoms. The molecule has 0 bridgehead atoms. The zero-order chi connectivity index (χ0) is 15.2. The van der Waals surface area contributed by atoms with E-state index in [-0.39, 0.29) is 0 Å². The molecule has 0 heterocycles. The van der Waals surface area contributed by atoms with Crippen molar-refractivity contribution in [1.82, 2.24) is 0 Å². The number of allylic oxidation sites excluding steroid dienone is 2. The van der Waals surface area contributed by atoms with E-state index in [1.807, 2.05) is 6.07 Å². The lowest BCUT2D eigenvalue weighted by molar-refractivity contribution is 0.203. The van der Waals surface area contributed by atoms with E-state index in [9.17, 15) is 5.11 Å². The summed E-state index contributed by atoms with van der Waals surface area (Å²) in [6, 6.07) is 4.30. The Hall–Kier alpha value is -1.24. The van der Waals surface area contributed by atoms with Gasteiger partial charge in [-0.15, -0.1) is 0 Å². The molecule has 0 amide bonds. The van der Waals surface area contributed by atoms with E-state index in [1.54, 1.807) is 5.57 Å². The number of phenolic OH excluding ortho intramolecular Hbond substituents is 1. The Bertz CT molecular complexity index is 578. The summed E-state index contributed by atoms with van der Waals surface area (Å²) in [5, 5.41) is 10.3. The average Bonchev–Trinajstić information content (AvgIpc) is 2.56. The van der Waals surface area contributed by atoms with Crippen LogP contribution in [0.5, 0.6) is 5.75 Å². The summed E-state index contributed by atoms with van der Waals surface area (Å²) in [6.45, 7) is 9.17. The van der Waals surface area contributed by atoms with Crippen molar-refractivity contribution >= 4 is 0 Å². The molecule has 1 heteroatoms. The number of hydrogen-bond donors (Lipinski definition) is 1. The highest BCUT2D eigenvalue weighted by Crippen LogP contribution is 2.47. The van der Waals surface area contributed by atoms with Gasteiger partial charge in [-0.1, -0.05) is 45.4 Å². The molecule has 114 valence electrons. The maximum absolute atomic E-state index is 10.3. The van der Waals surface area contributed by atoms with Gasteiger partial charge in [0.05, 0.1) is 0 Å². The minimum Gasteiger partial charge on any atom is -0.508 e. The number of phenols is 1. The fourth-order valence-electron chi connectivity index (χ4n) is 4.29. The first kappa shape index (κ1) is 14.7. The van der Waals surface area contributed by atoms with Crippen LogP contribution < -0.4 is 0 Å². The van der Waals surface area contributed by atoms with Crippen LogP contribution in [0.1, 0.15) is 69.6 Å². The van der Waals surface area contributed by atoms with Crippen molar-refractivity contribution in [3.8, 4) is 5.75 Å². The maximum Gasteiger partial charge on any atom is 0.119 e. The van der Waals surface area contributed by atoms with Gasteiger partial charge in [-0.3, -0.25) is 0 Å². The van der Waals surface area contributed by atoms with Crippen molar-refractivity contribution in [1.29, 1.82) is 0 Å². The highest BCUT2D eigenvalue weighted by Gasteiger charge is 2.35. The fourth-order valence-corrected chi connectivity index (χ4v) is 4.29. The molecule has 0 saturated carbocycles. The minimum absolute atomic E-state index is 0.386. The Morgan fingerprint density at radius 2 is 1.95 bits per heavy atom. The molecule has 3 rings (SSSR count). The monoisotopic (exact) mass is 284 g/mol. The molecular weight excluding hydrogens is 256 g/mol. The highest BCUT2D eigenvalue weighted by atomic mass is 16.3. The Balaban J connectivity index is 2.00. The Morgan fingerprint density at radius 1 is 1.19 bits per heavy atom. The molecule has 1 aromatic carbocycles. The van der Waals surface area contributed by atoms with E-state index in [0.29, 0.717) is 23.0 Å². The van der Waals surface area contributed by atoms with Crippen LogP contribution in [0.4, 0.5) is 0 Å². The van der Waals surface area contributed by atoms with Crippen LogP contribution in [-0.4, -0.2) is 5.11 Å². The number of aryl methyl sites for hydroxylation is 1. The summed E-state index contributed by atoms with van der Waals surface area (Å²) in [4.78, 5) is 0. The van der Waals surface area contributed by atoms with Crippen LogP contribution >= 0.6 is 0 Å². The summed E-state index contributed by atoms with van der Waals surface area (Å²) < 4.78 is 0. The van der Waals surface area contributed by atoms with Crippen molar-refractivity contribution in [2.75, 3.05) is 0 Å². The smallest absolute Gasteiger partial charge is 0.119 e. The van der Waals surface area contributed by atoms with Gasteiger partial charge in [-0.2, -0.15) is 0 Å². The lowest BCUT2D eigenvalue weighted by atomic mass is 9.66. The fraction of sp³-hybridized carbons (Fsp3) is 0.600. The van der Waals surface area contributed by atoms with E-state index in [4.69, 9.17) is 0 Å². The second-order valence-electron chi connectivity index (χ2n) is 7.91. The standard InChI is InChI=1S/C20H28O/c1-13(2)17-11-14-7-8-18-15(6-5-9-20(18,3)4)10-16(14)12-19(17)21/h6,11-13,18,21H,5,7-10H2,1-4H3/t18-/m0/s1. The van der Waals surface area contributed by atoms with Gasteiger partial charge < -0.3 is 5.11 Å². The molecule has 1 N–H and O–H groups in total. The van der Waals surface area contributed by atoms with Crippen LogP contribution in [0.2, 0.25) is 0 Å². The van der Waals surface area contributed by atoms with Crippen LogP contribution in [-0.2, 0) is 12.8 Å². The van der Waals surface area contributed by atoms with E-state index in [1.165, 1.54) is 30.4 Å². The number of benzene rings is 1. The third-order valence-corrected chi connectivity index (χ3v) is 5.65. The summed E-state index contributed by atoms with van der Waals surface area (Å²) in [7, 11) is 0. The Labute approximate surface area is 129 Å². The number of aromatic hydroxyl groups is 1. The van der Waals surface area contributed by atoms with Gasteiger partial charge in [0.2, 0.25) is 0 Å². The molecule has 2 aliphatic rings.